The fraction of sp³-hybridized carbons (Fsp3) is 0.357. The summed E-state index contributed by atoms with van der Waals surface area (Å²) in [6.45, 7) is 5.34. The van der Waals surface area contributed by atoms with Gasteiger partial charge in [-0.15, -0.1) is 0 Å². The van der Waals surface area contributed by atoms with Crippen LogP contribution >= 0.6 is 0 Å². The van der Waals surface area contributed by atoms with E-state index in [1.54, 1.807) is 13.8 Å². The number of aromatic nitrogens is 1. The summed E-state index contributed by atoms with van der Waals surface area (Å²) in [4.78, 5) is 3.51. The number of hydrogen-bond acceptors (Lipinski definition) is 5. The molecule has 0 amide bonds. The average molecular weight is 328 g/mol. The summed E-state index contributed by atoms with van der Waals surface area (Å²) < 4.78 is 51.0. The Bertz CT molecular complexity index is 756. The van der Waals surface area contributed by atoms with E-state index >= 15 is 0 Å². The van der Waals surface area contributed by atoms with Gasteiger partial charge in [0.2, 0.25) is 0 Å². The summed E-state index contributed by atoms with van der Waals surface area (Å²) in [5, 5.41) is 0. The molecule has 22 heavy (non-hydrogen) atoms. The fourth-order valence-corrected chi connectivity index (χ4v) is 2.81. The van der Waals surface area contributed by atoms with Crippen molar-refractivity contribution in [3.63, 3.8) is 0 Å². The quantitative estimate of drug-likeness (QED) is 0.881. The van der Waals surface area contributed by atoms with E-state index in [2.05, 4.69) is 9.71 Å². The van der Waals surface area contributed by atoms with Crippen LogP contribution in [-0.2, 0) is 16.4 Å². The van der Waals surface area contributed by atoms with Crippen molar-refractivity contribution in [2.75, 3.05) is 4.72 Å². The Labute approximate surface area is 128 Å². The summed E-state index contributed by atoms with van der Waals surface area (Å²) in [5.74, 6) is -0.0834. The van der Waals surface area contributed by atoms with Gasteiger partial charge in [-0.05, 0) is 32.0 Å². The number of anilines is 1. The lowest BCUT2D eigenvalue weighted by molar-refractivity contribution is 0.235. The second-order valence-electron chi connectivity index (χ2n) is 4.85. The average Bonchev–Trinajstić information content (AvgIpc) is 2.87. The molecule has 0 unspecified atom stereocenters. The highest BCUT2D eigenvalue weighted by Crippen LogP contribution is 2.27. The van der Waals surface area contributed by atoms with Crippen molar-refractivity contribution < 1.29 is 22.0 Å². The zero-order valence-electron chi connectivity index (χ0n) is 12.5. The van der Waals surface area contributed by atoms with E-state index in [0.29, 0.717) is 12.2 Å². The number of hydrogen-bond donors (Lipinski definition) is 1. The Kier molecular flexibility index (Phi) is 4.70. The second-order valence-corrected chi connectivity index (χ2v) is 6.50. The molecule has 1 aromatic carbocycles. The van der Waals surface area contributed by atoms with Gasteiger partial charge in [-0.2, -0.15) is 0 Å². The van der Waals surface area contributed by atoms with E-state index in [-0.39, 0.29) is 22.8 Å². The number of rotatable bonds is 6. The number of sulfonamides is 1. The predicted octanol–water partition coefficient (Wildman–Crippen LogP) is 2.96. The second kappa shape index (κ2) is 6.35. The van der Waals surface area contributed by atoms with Gasteiger partial charge in [-0.25, -0.2) is 22.5 Å². The summed E-state index contributed by atoms with van der Waals surface area (Å²) >= 11 is 0. The molecule has 8 heteroatoms. The smallest absolute Gasteiger partial charge is 0.309 e. The monoisotopic (exact) mass is 328 g/mol. The Morgan fingerprint density at radius 2 is 2.14 bits per heavy atom. The van der Waals surface area contributed by atoms with Crippen molar-refractivity contribution in [3.8, 4) is 5.75 Å². The molecule has 0 atom stereocenters. The van der Waals surface area contributed by atoms with Gasteiger partial charge in [0, 0.05) is 6.42 Å². The van der Waals surface area contributed by atoms with Gasteiger partial charge in [0.15, 0.2) is 0 Å². The Balaban J connectivity index is 2.37. The maximum atomic E-state index is 13.4. The zero-order valence-corrected chi connectivity index (χ0v) is 13.3. The summed E-state index contributed by atoms with van der Waals surface area (Å²) in [6.07, 6.45) is 1.75. The van der Waals surface area contributed by atoms with Crippen molar-refractivity contribution in [2.45, 2.75) is 38.2 Å². The first-order valence-corrected chi connectivity index (χ1v) is 8.24. The normalized spacial score (nSPS) is 11.7. The molecule has 0 saturated carbocycles. The highest BCUT2D eigenvalue weighted by atomic mass is 32.2. The number of ether oxygens (including phenoxy) is 1. The molecule has 0 aliphatic rings. The molecule has 0 bridgehead atoms. The van der Waals surface area contributed by atoms with E-state index in [4.69, 9.17) is 9.15 Å². The molecule has 0 fully saturated rings. The largest absolute Gasteiger partial charge is 0.490 e. The van der Waals surface area contributed by atoms with Crippen LogP contribution in [0.4, 0.5) is 10.4 Å². The molecule has 0 aliphatic carbocycles. The molecule has 2 rings (SSSR count). The Morgan fingerprint density at radius 1 is 1.41 bits per heavy atom. The first-order chi connectivity index (χ1) is 10.3. The minimum absolute atomic E-state index is 0.0613. The van der Waals surface area contributed by atoms with E-state index in [0.717, 1.165) is 12.1 Å². The standard InChI is InChI=1S/C14H17FN2O4S/c1-4-11-8-16-14(21-11)17-22(18,19)13-7-10(15)5-6-12(13)20-9(2)3/h5-9H,4H2,1-3H3,(H,16,17). The molecule has 0 radical (unpaired) electrons. The molecule has 1 heterocycles. The molecular formula is C14H17FN2O4S. The van der Waals surface area contributed by atoms with Crippen LogP contribution in [0.3, 0.4) is 0 Å². The molecule has 1 aromatic heterocycles. The molecule has 0 saturated heterocycles. The van der Waals surface area contributed by atoms with Crippen LogP contribution < -0.4 is 9.46 Å². The SMILES string of the molecule is CCc1cnc(NS(=O)(=O)c2cc(F)ccc2OC(C)C)o1. The van der Waals surface area contributed by atoms with Crippen molar-refractivity contribution in [1.29, 1.82) is 0 Å². The maximum Gasteiger partial charge on any atom is 0.309 e. The Morgan fingerprint density at radius 3 is 2.73 bits per heavy atom. The third kappa shape index (κ3) is 3.76. The minimum Gasteiger partial charge on any atom is -0.490 e. The summed E-state index contributed by atoms with van der Waals surface area (Å²) in [7, 11) is -4.08. The van der Waals surface area contributed by atoms with Crippen LogP contribution in [0.2, 0.25) is 0 Å². The van der Waals surface area contributed by atoms with Crippen LogP contribution in [0.25, 0.3) is 0 Å². The highest BCUT2D eigenvalue weighted by molar-refractivity contribution is 7.92. The van der Waals surface area contributed by atoms with Gasteiger partial charge in [-0.3, -0.25) is 0 Å². The summed E-state index contributed by atoms with van der Waals surface area (Å²) in [6, 6.07) is 3.13. The lowest BCUT2D eigenvalue weighted by Gasteiger charge is -2.14. The fourth-order valence-electron chi connectivity index (χ4n) is 1.73. The molecule has 6 nitrogen and oxygen atoms in total. The molecule has 1 N–H and O–H groups in total. The van der Waals surface area contributed by atoms with E-state index in [1.807, 2.05) is 6.92 Å². The number of nitrogens with one attached hydrogen (secondary N) is 1. The van der Waals surface area contributed by atoms with Crippen molar-refractivity contribution >= 4 is 16.0 Å². The highest BCUT2D eigenvalue weighted by Gasteiger charge is 2.23. The lowest BCUT2D eigenvalue weighted by Crippen LogP contribution is -2.16. The van der Waals surface area contributed by atoms with Crippen LogP contribution in [-0.4, -0.2) is 19.5 Å². The van der Waals surface area contributed by atoms with Gasteiger partial charge in [0.1, 0.15) is 22.2 Å². The van der Waals surface area contributed by atoms with E-state index in [9.17, 15) is 12.8 Å². The van der Waals surface area contributed by atoms with Crippen molar-refractivity contribution in [2.24, 2.45) is 0 Å². The van der Waals surface area contributed by atoms with Gasteiger partial charge in [-0.1, -0.05) is 6.92 Å². The van der Waals surface area contributed by atoms with Gasteiger partial charge in [0.25, 0.3) is 10.0 Å². The minimum atomic E-state index is -4.08. The first-order valence-electron chi connectivity index (χ1n) is 6.75. The number of oxazole rings is 1. The Hall–Kier alpha value is -2.09. The van der Waals surface area contributed by atoms with Crippen LogP contribution in [0.1, 0.15) is 26.5 Å². The zero-order chi connectivity index (χ0) is 16.3. The third-order valence-electron chi connectivity index (χ3n) is 2.68. The number of nitrogens with zero attached hydrogens (tertiary/aromatic N) is 1. The first kappa shape index (κ1) is 16.3. The van der Waals surface area contributed by atoms with Crippen LogP contribution in [0.5, 0.6) is 5.75 Å². The van der Waals surface area contributed by atoms with Crippen molar-refractivity contribution in [1.82, 2.24) is 4.98 Å². The van der Waals surface area contributed by atoms with Crippen LogP contribution in [0.15, 0.2) is 33.7 Å². The third-order valence-corrected chi connectivity index (χ3v) is 4.02. The van der Waals surface area contributed by atoms with Gasteiger partial charge in [0.05, 0.1) is 12.3 Å². The number of aryl methyl sites for hydroxylation is 1. The van der Waals surface area contributed by atoms with E-state index < -0.39 is 15.8 Å². The van der Waals surface area contributed by atoms with Crippen molar-refractivity contribution in [3.05, 3.63) is 36.0 Å². The topological polar surface area (TPSA) is 81.4 Å². The van der Waals surface area contributed by atoms with Gasteiger partial charge < -0.3 is 9.15 Å². The molecule has 2 aromatic rings. The predicted molar refractivity (Wildman–Crippen MR) is 78.9 cm³/mol. The molecule has 0 spiro atoms. The lowest BCUT2D eigenvalue weighted by atomic mass is 10.3. The number of halogens is 1. The molecular weight excluding hydrogens is 311 g/mol. The molecule has 120 valence electrons. The van der Waals surface area contributed by atoms with E-state index in [1.165, 1.54) is 12.3 Å². The molecule has 0 aliphatic heterocycles. The van der Waals surface area contributed by atoms with Crippen LogP contribution in [0, 0.1) is 5.82 Å². The maximum absolute atomic E-state index is 13.4. The van der Waals surface area contributed by atoms with Gasteiger partial charge >= 0.3 is 6.01 Å². The number of benzene rings is 1. The summed E-state index contributed by atoms with van der Waals surface area (Å²) in [5.41, 5.74) is 0.